The Morgan fingerprint density at radius 1 is 1.09 bits per heavy atom. The molecule has 0 aliphatic rings. The van der Waals surface area contributed by atoms with Gasteiger partial charge in [-0.2, -0.15) is 0 Å². The van der Waals surface area contributed by atoms with Gasteiger partial charge in [-0.1, -0.05) is 0 Å². The van der Waals surface area contributed by atoms with E-state index in [1.807, 2.05) is 18.4 Å². The Hall–Kier alpha value is -3.70. The van der Waals surface area contributed by atoms with E-state index in [0.717, 1.165) is 6.20 Å². The van der Waals surface area contributed by atoms with Crippen molar-refractivity contribution in [3.63, 3.8) is 0 Å². The number of halogens is 3. The van der Waals surface area contributed by atoms with E-state index in [2.05, 4.69) is 25.3 Å². The molecule has 0 atom stereocenters. The van der Waals surface area contributed by atoms with Crippen LogP contribution in [0.5, 0.6) is 0 Å². The molecule has 0 saturated heterocycles. The van der Waals surface area contributed by atoms with E-state index in [-0.39, 0.29) is 46.9 Å². The number of nitrogens with one attached hydrogen (secondary N) is 2. The molecule has 1 amide bonds. The number of fused-ring (bicyclic) bond motifs is 1. The van der Waals surface area contributed by atoms with Crippen LogP contribution in [0.3, 0.4) is 0 Å². The summed E-state index contributed by atoms with van der Waals surface area (Å²) in [6, 6.07) is 5.76. The Kier molecular flexibility index (Phi) is 6.84. The van der Waals surface area contributed by atoms with Crippen molar-refractivity contribution in [2.24, 2.45) is 0 Å². The first-order valence-electron chi connectivity index (χ1n) is 9.67. The Balaban J connectivity index is 0.00000306. The van der Waals surface area contributed by atoms with Crippen LogP contribution in [-0.4, -0.2) is 35.6 Å². The van der Waals surface area contributed by atoms with Crippen LogP contribution in [0.1, 0.15) is 36.2 Å². The quantitative estimate of drug-likeness (QED) is 0.290. The number of anilines is 2. The van der Waals surface area contributed by atoms with Crippen LogP contribution >= 0.6 is 12.4 Å². The molecule has 3 heterocycles. The number of carbonyl (C=O) groups is 1. The average Bonchev–Trinajstić information content (AvgIpc) is 3.11. The molecule has 0 fully saturated rings. The average molecular weight is 476 g/mol. The number of aromatic nitrogens is 5. The summed E-state index contributed by atoms with van der Waals surface area (Å²) in [4.78, 5) is 27.7. The molecule has 0 saturated carbocycles. The molecule has 9 nitrogen and oxygen atoms in total. The van der Waals surface area contributed by atoms with Crippen LogP contribution in [-0.2, 0) is 0 Å². The largest absolute Gasteiger partial charge is 0.326 e. The molecule has 0 unspecified atom stereocenters. The van der Waals surface area contributed by atoms with Gasteiger partial charge in [-0.3, -0.25) is 10.0 Å². The second-order valence-corrected chi connectivity index (χ2v) is 7.34. The lowest BCUT2D eigenvalue weighted by Crippen LogP contribution is -2.19. The molecular formula is C21H20ClF2N7O2. The minimum atomic E-state index is -0.759. The zero-order chi connectivity index (χ0) is 23.0. The highest BCUT2D eigenvalue weighted by atomic mass is 35.5. The molecule has 0 aliphatic heterocycles. The first-order valence-corrected chi connectivity index (χ1v) is 9.67. The Bertz CT molecular complexity index is 1330. The summed E-state index contributed by atoms with van der Waals surface area (Å²) in [6.45, 7) is 5.70. The van der Waals surface area contributed by atoms with E-state index in [1.165, 1.54) is 29.9 Å². The van der Waals surface area contributed by atoms with Gasteiger partial charge in [0.25, 0.3) is 5.91 Å². The Labute approximate surface area is 193 Å². The fraction of sp³-hybridized carbons (Fsp3) is 0.190. The van der Waals surface area contributed by atoms with Gasteiger partial charge in [-0.25, -0.2) is 34.2 Å². The second kappa shape index (κ2) is 9.43. The molecule has 0 radical (unpaired) electrons. The van der Waals surface area contributed by atoms with Gasteiger partial charge in [-0.15, -0.1) is 12.4 Å². The smallest absolute Gasteiger partial charge is 0.293 e. The van der Waals surface area contributed by atoms with Crippen molar-refractivity contribution in [2.75, 3.05) is 5.32 Å². The maximum absolute atomic E-state index is 14.8. The van der Waals surface area contributed by atoms with E-state index in [0.29, 0.717) is 17.0 Å². The molecular weight excluding hydrogens is 456 g/mol. The molecule has 4 aromatic rings. The van der Waals surface area contributed by atoms with Crippen molar-refractivity contribution in [1.82, 2.24) is 30.0 Å². The van der Waals surface area contributed by atoms with Crippen molar-refractivity contribution < 1.29 is 18.8 Å². The third kappa shape index (κ3) is 4.59. The van der Waals surface area contributed by atoms with Crippen LogP contribution in [0.2, 0.25) is 0 Å². The maximum Gasteiger partial charge on any atom is 0.293 e. The van der Waals surface area contributed by atoms with Gasteiger partial charge in [0, 0.05) is 11.6 Å². The number of nitrogens with zero attached hydrogens (tertiary/aromatic N) is 5. The lowest BCUT2D eigenvalue weighted by atomic mass is 10.1. The summed E-state index contributed by atoms with van der Waals surface area (Å²) in [5.41, 5.74) is 2.83. The molecule has 0 spiro atoms. The zero-order valence-electron chi connectivity index (χ0n) is 17.8. The van der Waals surface area contributed by atoms with Crippen molar-refractivity contribution in [3.8, 4) is 11.3 Å². The number of amides is 1. The number of hydrogen-bond acceptors (Lipinski definition) is 7. The van der Waals surface area contributed by atoms with Crippen LogP contribution in [0.15, 0.2) is 36.7 Å². The number of rotatable bonds is 5. The zero-order valence-corrected chi connectivity index (χ0v) is 18.6. The summed E-state index contributed by atoms with van der Waals surface area (Å²) in [6.07, 6.45) is 2.31. The third-order valence-electron chi connectivity index (χ3n) is 4.81. The van der Waals surface area contributed by atoms with Crippen LogP contribution < -0.4 is 10.8 Å². The van der Waals surface area contributed by atoms with Gasteiger partial charge in [0.1, 0.15) is 22.7 Å². The van der Waals surface area contributed by atoms with E-state index >= 15 is 0 Å². The highest BCUT2D eigenvalue weighted by molar-refractivity contribution is 5.91. The number of imidazole rings is 1. The van der Waals surface area contributed by atoms with Crippen LogP contribution in [0.25, 0.3) is 22.3 Å². The molecule has 0 bridgehead atoms. The van der Waals surface area contributed by atoms with Crippen LogP contribution in [0.4, 0.5) is 20.4 Å². The number of benzene rings is 1. The number of aryl methyl sites for hydroxylation is 1. The number of hydroxylamine groups is 1. The topological polar surface area (TPSA) is 118 Å². The van der Waals surface area contributed by atoms with Crippen molar-refractivity contribution in [1.29, 1.82) is 0 Å². The van der Waals surface area contributed by atoms with E-state index in [4.69, 9.17) is 5.21 Å². The monoisotopic (exact) mass is 475 g/mol. The summed E-state index contributed by atoms with van der Waals surface area (Å²) in [5, 5.41) is 11.5. The predicted molar refractivity (Wildman–Crippen MR) is 120 cm³/mol. The SMILES string of the molecule is Cc1nc2c(F)cc(-c3nc(Nc4ccc(C(=O)NO)nc4)ncc3F)cc2n1C(C)C.Cl. The molecule has 1 aromatic carbocycles. The number of carbonyl (C=O) groups excluding carboxylic acids is 1. The van der Waals surface area contributed by atoms with Gasteiger partial charge in [0.2, 0.25) is 5.95 Å². The van der Waals surface area contributed by atoms with Crippen molar-refractivity contribution >= 4 is 41.0 Å². The van der Waals surface area contributed by atoms with Crippen molar-refractivity contribution in [2.45, 2.75) is 26.8 Å². The minimum absolute atomic E-state index is 0. The van der Waals surface area contributed by atoms with E-state index in [1.54, 1.807) is 13.0 Å². The fourth-order valence-corrected chi connectivity index (χ4v) is 3.48. The summed E-state index contributed by atoms with van der Waals surface area (Å²) < 4.78 is 31.2. The molecule has 3 N–H and O–H groups in total. The highest BCUT2D eigenvalue weighted by Gasteiger charge is 2.18. The lowest BCUT2D eigenvalue weighted by molar-refractivity contribution is 0.0701. The first-order chi connectivity index (χ1) is 15.3. The Morgan fingerprint density at radius 2 is 1.85 bits per heavy atom. The molecule has 33 heavy (non-hydrogen) atoms. The Morgan fingerprint density at radius 3 is 2.48 bits per heavy atom. The second-order valence-electron chi connectivity index (χ2n) is 7.34. The third-order valence-corrected chi connectivity index (χ3v) is 4.81. The molecule has 172 valence electrons. The summed E-state index contributed by atoms with van der Waals surface area (Å²) in [5.74, 6) is -1.34. The van der Waals surface area contributed by atoms with Gasteiger partial charge in [-0.05, 0) is 45.0 Å². The summed E-state index contributed by atoms with van der Waals surface area (Å²) in [7, 11) is 0. The van der Waals surface area contributed by atoms with Gasteiger partial charge < -0.3 is 9.88 Å². The molecule has 3 aromatic heterocycles. The van der Waals surface area contributed by atoms with E-state index in [9.17, 15) is 13.6 Å². The van der Waals surface area contributed by atoms with Gasteiger partial charge >= 0.3 is 0 Å². The lowest BCUT2D eigenvalue weighted by Gasteiger charge is -2.12. The maximum atomic E-state index is 14.8. The van der Waals surface area contributed by atoms with E-state index < -0.39 is 17.5 Å². The number of hydrogen-bond donors (Lipinski definition) is 3. The highest BCUT2D eigenvalue weighted by Crippen LogP contribution is 2.30. The normalized spacial score (nSPS) is 10.9. The minimum Gasteiger partial charge on any atom is -0.326 e. The van der Waals surface area contributed by atoms with Crippen LogP contribution in [0, 0.1) is 18.6 Å². The fourth-order valence-electron chi connectivity index (χ4n) is 3.48. The van der Waals surface area contributed by atoms with Crippen molar-refractivity contribution in [3.05, 3.63) is 59.8 Å². The van der Waals surface area contributed by atoms with Gasteiger partial charge in [0.15, 0.2) is 11.6 Å². The number of pyridine rings is 1. The molecule has 12 heteroatoms. The summed E-state index contributed by atoms with van der Waals surface area (Å²) >= 11 is 0. The predicted octanol–water partition coefficient (Wildman–Crippen LogP) is 4.34. The van der Waals surface area contributed by atoms with Gasteiger partial charge in [0.05, 0.1) is 23.6 Å². The molecule has 0 aliphatic carbocycles. The standard InChI is InChI=1S/C21H19F2N7O2.ClH/c1-10(2)30-11(3)26-19-14(22)6-12(7-17(19)30)18-15(23)9-25-21(28-18)27-13-4-5-16(24-8-13)20(31)29-32;/h4-10,32H,1-3H3,(H,29,31)(H,25,27,28);1H. The molecule has 4 rings (SSSR count). The first kappa shape index (κ1) is 24.0.